The fourth-order valence-corrected chi connectivity index (χ4v) is 2.11. The van der Waals surface area contributed by atoms with Crippen molar-refractivity contribution in [1.82, 2.24) is 20.1 Å². The van der Waals surface area contributed by atoms with E-state index < -0.39 is 0 Å². The number of amides is 1. The van der Waals surface area contributed by atoms with Gasteiger partial charge in [-0.3, -0.25) is 14.5 Å². The third-order valence-corrected chi connectivity index (χ3v) is 3.09. The zero-order valence-corrected chi connectivity index (χ0v) is 12.0. The molecule has 0 atom stereocenters. The second-order valence-electron chi connectivity index (χ2n) is 4.89. The fourth-order valence-electron chi connectivity index (χ4n) is 2.11. The number of nitrogens with zero attached hydrogens (tertiary/aromatic N) is 3. The van der Waals surface area contributed by atoms with Crippen LogP contribution >= 0.6 is 0 Å². The molecule has 0 saturated carbocycles. The van der Waals surface area contributed by atoms with E-state index in [9.17, 15) is 4.79 Å². The van der Waals surface area contributed by atoms with E-state index in [1.807, 2.05) is 30.7 Å². The first-order valence-electron chi connectivity index (χ1n) is 6.82. The Morgan fingerprint density at radius 3 is 2.70 bits per heavy atom. The topological polar surface area (TPSA) is 59.8 Å². The highest BCUT2D eigenvalue weighted by atomic mass is 16.1. The van der Waals surface area contributed by atoms with E-state index in [-0.39, 0.29) is 5.91 Å². The van der Waals surface area contributed by atoms with E-state index in [1.54, 1.807) is 12.4 Å². The van der Waals surface area contributed by atoms with Crippen LogP contribution in [-0.4, -0.2) is 27.2 Å². The smallest absolute Gasteiger partial charge is 0.224 e. The van der Waals surface area contributed by atoms with Gasteiger partial charge in [-0.1, -0.05) is 0 Å². The Labute approximate surface area is 119 Å². The number of aryl methyl sites for hydroxylation is 3. The minimum atomic E-state index is 0.0459. The Kier molecular flexibility index (Phi) is 4.87. The monoisotopic (exact) mass is 272 g/mol. The lowest BCUT2D eigenvalue weighted by Gasteiger charge is -2.06. The van der Waals surface area contributed by atoms with Gasteiger partial charge in [-0.05, 0) is 44.0 Å². The van der Waals surface area contributed by atoms with Crippen molar-refractivity contribution in [2.45, 2.75) is 33.2 Å². The van der Waals surface area contributed by atoms with Crippen LogP contribution in [0.4, 0.5) is 0 Å². The van der Waals surface area contributed by atoms with Gasteiger partial charge in [-0.2, -0.15) is 5.10 Å². The standard InChI is InChI=1S/C15H20N4O/c1-12-10-13(2)19(18-12)9-3-6-17-15(20)11-14-4-7-16-8-5-14/h4-5,7-8,10H,3,6,9,11H2,1-2H3,(H,17,20). The molecule has 2 heterocycles. The Balaban J connectivity index is 1.68. The highest BCUT2D eigenvalue weighted by molar-refractivity contribution is 5.78. The van der Waals surface area contributed by atoms with Crippen molar-refractivity contribution < 1.29 is 4.79 Å². The van der Waals surface area contributed by atoms with Gasteiger partial charge in [0.15, 0.2) is 0 Å². The molecule has 0 aromatic carbocycles. The summed E-state index contributed by atoms with van der Waals surface area (Å²) >= 11 is 0. The summed E-state index contributed by atoms with van der Waals surface area (Å²) in [5.41, 5.74) is 3.17. The van der Waals surface area contributed by atoms with Gasteiger partial charge >= 0.3 is 0 Å². The van der Waals surface area contributed by atoms with Crippen LogP contribution in [0.15, 0.2) is 30.6 Å². The minimum absolute atomic E-state index is 0.0459. The van der Waals surface area contributed by atoms with Crippen LogP contribution in [0.5, 0.6) is 0 Å². The molecule has 0 fully saturated rings. The number of hydrogen-bond acceptors (Lipinski definition) is 3. The first kappa shape index (κ1) is 14.2. The van der Waals surface area contributed by atoms with Crippen molar-refractivity contribution in [3.05, 3.63) is 47.5 Å². The van der Waals surface area contributed by atoms with Crippen molar-refractivity contribution in [2.24, 2.45) is 0 Å². The first-order valence-corrected chi connectivity index (χ1v) is 6.82. The van der Waals surface area contributed by atoms with Gasteiger partial charge in [-0.25, -0.2) is 0 Å². The van der Waals surface area contributed by atoms with Crippen molar-refractivity contribution in [3.8, 4) is 0 Å². The van der Waals surface area contributed by atoms with Crippen LogP contribution in [0.3, 0.4) is 0 Å². The molecule has 1 amide bonds. The van der Waals surface area contributed by atoms with Gasteiger partial charge in [0.1, 0.15) is 0 Å². The number of nitrogens with one attached hydrogen (secondary N) is 1. The van der Waals surface area contributed by atoms with Gasteiger partial charge in [-0.15, -0.1) is 0 Å². The number of carbonyl (C=O) groups is 1. The number of rotatable bonds is 6. The summed E-state index contributed by atoms with van der Waals surface area (Å²) in [5, 5.41) is 7.32. The quantitative estimate of drug-likeness (QED) is 0.813. The molecule has 0 spiro atoms. The average molecular weight is 272 g/mol. The molecule has 20 heavy (non-hydrogen) atoms. The number of pyridine rings is 1. The van der Waals surface area contributed by atoms with Gasteiger partial charge < -0.3 is 5.32 Å². The van der Waals surface area contributed by atoms with E-state index in [0.717, 1.165) is 29.9 Å². The summed E-state index contributed by atoms with van der Waals surface area (Å²) in [6, 6.07) is 5.77. The molecule has 0 unspecified atom stereocenters. The van der Waals surface area contributed by atoms with Crippen LogP contribution in [0, 0.1) is 13.8 Å². The van der Waals surface area contributed by atoms with E-state index in [4.69, 9.17) is 0 Å². The minimum Gasteiger partial charge on any atom is -0.356 e. The lowest BCUT2D eigenvalue weighted by Crippen LogP contribution is -2.27. The predicted molar refractivity (Wildman–Crippen MR) is 77.3 cm³/mol. The molecule has 0 saturated heterocycles. The second-order valence-corrected chi connectivity index (χ2v) is 4.89. The maximum absolute atomic E-state index is 11.7. The average Bonchev–Trinajstić information content (AvgIpc) is 2.74. The first-order chi connectivity index (χ1) is 9.65. The van der Waals surface area contributed by atoms with Gasteiger partial charge in [0.2, 0.25) is 5.91 Å². The number of aromatic nitrogens is 3. The molecule has 0 aliphatic rings. The summed E-state index contributed by atoms with van der Waals surface area (Å²) in [6.45, 7) is 5.53. The van der Waals surface area contributed by atoms with Crippen molar-refractivity contribution in [2.75, 3.05) is 6.54 Å². The Bertz CT molecular complexity index is 563. The van der Waals surface area contributed by atoms with Crippen molar-refractivity contribution in [3.63, 3.8) is 0 Å². The number of hydrogen-bond donors (Lipinski definition) is 1. The second kappa shape index (κ2) is 6.84. The summed E-state index contributed by atoms with van der Waals surface area (Å²) in [5.74, 6) is 0.0459. The van der Waals surface area contributed by atoms with Gasteiger partial charge in [0, 0.05) is 31.2 Å². The van der Waals surface area contributed by atoms with Crippen molar-refractivity contribution >= 4 is 5.91 Å². The maximum atomic E-state index is 11.7. The van der Waals surface area contributed by atoms with E-state index in [1.165, 1.54) is 0 Å². The molecule has 0 radical (unpaired) electrons. The predicted octanol–water partition coefficient (Wildman–Crippen LogP) is 1.64. The molecule has 0 aliphatic heterocycles. The van der Waals surface area contributed by atoms with Gasteiger partial charge in [0.25, 0.3) is 0 Å². The zero-order valence-electron chi connectivity index (χ0n) is 12.0. The summed E-state index contributed by atoms with van der Waals surface area (Å²) in [7, 11) is 0. The molecule has 2 aromatic heterocycles. The molecular weight excluding hydrogens is 252 g/mol. The summed E-state index contributed by atoms with van der Waals surface area (Å²) < 4.78 is 1.98. The highest BCUT2D eigenvalue weighted by Crippen LogP contribution is 2.02. The molecular formula is C15H20N4O. The molecule has 5 nitrogen and oxygen atoms in total. The van der Waals surface area contributed by atoms with Crippen LogP contribution < -0.4 is 5.32 Å². The Morgan fingerprint density at radius 1 is 1.30 bits per heavy atom. The van der Waals surface area contributed by atoms with E-state index in [0.29, 0.717) is 13.0 Å². The largest absolute Gasteiger partial charge is 0.356 e. The molecule has 5 heteroatoms. The van der Waals surface area contributed by atoms with Crippen LogP contribution in [-0.2, 0) is 17.8 Å². The Hall–Kier alpha value is -2.17. The molecule has 1 N–H and O–H groups in total. The normalized spacial score (nSPS) is 10.5. The highest BCUT2D eigenvalue weighted by Gasteiger charge is 2.03. The Morgan fingerprint density at radius 2 is 2.05 bits per heavy atom. The molecule has 0 aliphatic carbocycles. The lowest BCUT2D eigenvalue weighted by atomic mass is 10.2. The summed E-state index contributed by atoms with van der Waals surface area (Å²) in [6.07, 6.45) is 4.68. The summed E-state index contributed by atoms with van der Waals surface area (Å²) in [4.78, 5) is 15.7. The molecule has 2 rings (SSSR count). The molecule has 0 bridgehead atoms. The third-order valence-electron chi connectivity index (χ3n) is 3.09. The zero-order chi connectivity index (χ0) is 14.4. The van der Waals surface area contributed by atoms with Crippen LogP contribution in [0.2, 0.25) is 0 Å². The molecule has 106 valence electrons. The lowest BCUT2D eigenvalue weighted by molar-refractivity contribution is -0.120. The van der Waals surface area contributed by atoms with E-state index in [2.05, 4.69) is 21.5 Å². The SMILES string of the molecule is Cc1cc(C)n(CCCNC(=O)Cc2ccncc2)n1. The number of carbonyl (C=O) groups excluding carboxylic acids is 1. The maximum Gasteiger partial charge on any atom is 0.224 e. The van der Waals surface area contributed by atoms with Crippen molar-refractivity contribution in [1.29, 1.82) is 0 Å². The fraction of sp³-hybridized carbons (Fsp3) is 0.400. The third kappa shape index (κ3) is 4.19. The molecule has 2 aromatic rings. The van der Waals surface area contributed by atoms with Gasteiger partial charge in [0.05, 0.1) is 12.1 Å². The van der Waals surface area contributed by atoms with Crippen LogP contribution in [0.25, 0.3) is 0 Å². The van der Waals surface area contributed by atoms with E-state index >= 15 is 0 Å². The van der Waals surface area contributed by atoms with Crippen LogP contribution in [0.1, 0.15) is 23.4 Å².